The number of benzene rings is 1. The molecule has 0 spiro atoms. The Balaban J connectivity index is 2.28. The number of pyridine rings is 1. The maximum Gasteiger partial charge on any atom is 0.337 e. The van der Waals surface area contributed by atoms with Gasteiger partial charge in [-0.2, -0.15) is 0 Å². The first-order chi connectivity index (χ1) is 11.4. The minimum atomic E-state index is -1.14. The summed E-state index contributed by atoms with van der Waals surface area (Å²) in [4.78, 5) is 42.8. The number of aromatic amines is 2. The monoisotopic (exact) mass is 325 g/mol. The summed E-state index contributed by atoms with van der Waals surface area (Å²) >= 11 is 0. The largest absolute Gasteiger partial charge is 0.478 e. The Bertz CT molecular complexity index is 1060. The molecule has 0 aliphatic rings. The Labute approximate surface area is 136 Å². The molecule has 0 saturated heterocycles. The summed E-state index contributed by atoms with van der Waals surface area (Å²) in [6, 6.07) is 4.79. The van der Waals surface area contributed by atoms with E-state index in [1.807, 2.05) is 0 Å². The number of nitrogens with zero attached hydrogens (tertiary/aromatic N) is 1. The lowest BCUT2D eigenvalue weighted by Gasteiger charge is -2.05. The SMILES string of the molecule is CN(C)C=CC(=O)c1ccc2[nH]c(=O)c3[nH]cc(C(=O)O)c3c2c1. The second-order valence-electron chi connectivity index (χ2n) is 5.62. The van der Waals surface area contributed by atoms with E-state index in [1.54, 1.807) is 43.4 Å². The lowest BCUT2D eigenvalue weighted by molar-refractivity contribution is 0.0699. The lowest BCUT2D eigenvalue weighted by atomic mass is 10.0. The molecule has 0 atom stereocenters. The Morgan fingerprint density at radius 2 is 2.00 bits per heavy atom. The number of aromatic nitrogens is 2. The molecule has 0 radical (unpaired) electrons. The van der Waals surface area contributed by atoms with Crippen molar-refractivity contribution in [3.63, 3.8) is 0 Å². The lowest BCUT2D eigenvalue weighted by Crippen LogP contribution is -2.08. The number of hydrogen-bond donors (Lipinski definition) is 3. The van der Waals surface area contributed by atoms with E-state index in [-0.39, 0.29) is 16.9 Å². The summed E-state index contributed by atoms with van der Waals surface area (Å²) < 4.78 is 0. The van der Waals surface area contributed by atoms with Gasteiger partial charge in [-0.3, -0.25) is 9.59 Å². The van der Waals surface area contributed by atoms with Crippen molar-refractivity contribution in [2.75, 3.05) is 14.1 Å². The van der Waals surface area contributed by atoms with Crippen LogP contribution in [0.15, 0.2) is 41.5 Å². The number of carbonyl (C=O) groups excluding carboxylic acids is 1. The fourth-order valence-electron chi connectivity index (χ4n) is 2.56. The van der Waals surface area contributed by atoms with E-state index in [0.29, 0.717) is 21.9 Å². The predicted molar refractivity (Wildman–Crippen MR) is 90.5 cm³/mol. The highest BCUT2D eigenvalue weighted by Crippen LogP contribution is 2.25. The first-order valence-electron chi connectivity index (χ1n) is 7.18. The molecule has 0 unspecified atom stereocenters. The molecule has 0 aliphatic heterocycles. The Kier molecular flexibility index (Phi) is 3.69. The van der Waals surface area contributed by atoms with E-state index in [1.165, 1.54) is 12.3 Å². The van der Waals surface area contributed by atoms with Gasteiger partial charge in [0.25, 0.3) is 5.56 Å². The van der Waals surface area contributed by atoms with Crippen molar-refractivity contribution in [1.82, 2.24) is 14.9 Å². The topological polar surface area (TPSA) is 106 Å². The number of H-pyrrole nitrogens is 2. The zero-order valence-corrected chi connectivity index (χ0v) is 13.1. The number of rotatable bonds is 4. The molecule has 24 heavy (non-hydrogen) atoms. The summed E-state index contributed by atoms with van der Waals surface area (Å²) in [5.74, 6) is -1.35. The van der Waals surface area contributed by atoms with E-state index in [4.69, 9.17) is 0 Å². The smallest absolute Gasteiger partial charge is 0.337 e. The normalized spacial score (nSPS) is 11.4. The van der Waals surface area contributed by atoms with Gasteiger partial charge in [0, 0.05) is 54.4 Å². The quantitative estimate of drug-likeness (QED) is 0.502. The van der Waals surface area contributed by atoms with Gasteiger partial charge in [-0.1, -0.05) is 0 Å². The molecule has 2 aromatic heterocycles. The average Bonchev–Trinajstić information content (AvgIpc) is 2.98. The fraction of sp³-hybridized carbons (Fsp3) is 0.118. The van der Waals surface area contributed by atoms with Crippen LogP contribution in [0.4, 0.5) is 0 Å². The minimum absolute atomic E-state index is 0.00506. The van der Waals surface area contributed by atoms with Gasteiger partial charge < -0.3 is 20.0 Å². The molecule has 3 rings (SSSR count). The number of nitrogens with one attached hydrogen (secondary N) is 2. The maximum atomic E-state index is 12.2. The summed E-state index contributed by atoms with van der Waals surface area (Å²) in [5, 5.41) is 10.1. The highest BCUT2D eigenvalue weighted by atomic mass is 16.4. The molecule has 7 nitrogen and oxygen atoms in total. The molecule has 3 N–H and O–H groups in total. The number of allylic oxidation sites excluding steroid dienone is 1. The molecule has 7 heteroatoms. The molecule has 0 amide bonds. The van der Waals surface area contributed by atoms with Crippen LogP contribution in [-0.4, -0.2) is 45.8 Å². The number of fused-ring (bicyclic) bond motifs is 3. The molecular weight excluding hydrogens is 310 g/mol. The van der Waals surface area contributed by atoms with Gasteiger partial charge in [0.15, 0.2) is 5.78 Å². The summed E-state index contributed by atoms with van der Waals surface area (Å²) in [6.45, 7) is 0. The van der Waals surface area contributed by atoms with Crippen LogP contribution in [0.25, 0.3) is 21.8 Å². The second-order valence-corrected chi connectivity index (χ2v) is 5.62. The first-order valence-corrected chi connectivity index (χ1v) is 7.18. The van der Waals surface area contributed by atoms with Crippen LogP contribution in [-0.2, 0) is 0 Å². The number of carboxylic acids is 1. The number of carbonyl (C=O) groups is 2. The number of hydrogen-bond acceptors (Lipinski definition) is 4. The maximum absolute atomic E-state index is 12.2. The Morgan fingerprint density at radius 1 is 1.25 bits per heavy atom. The van der Waals surface area contributed by atoms with Gasteiger partial charge in [0.2, 0.25) is 0 Å². The van der Waals surface area contributed by atoms with Crippen molar-refractivity contribution in [2.24, 2.45) is 0 Å². The standard InChI is InChI=1S/C17H15N3O4/c1-20(2)6-5-13(21)9-3-4-12-10(7-9)14-11(17(23)24)8-18-15(14)16(22)19-12/h3-8,18H,1-2H3,(H,19,22)(H,23,24). The van der Waals surface area contributed by atoms with Gasteiger partial charge in [0.05, 0.1) is 5.56 Å². The van der Waals surface area contributed by atoms with E-state index in [9.17, 15) is 19.5 Å². The van der Waals surface area contributed by atoms with Crippen molar-refractivity contribution in [2.45, 2.75) is 0 Å². The number of ketones is 1. The second kappa shape index (κ2) is 5.69. The van der Waals surface area contributed by atoms with Crippen molar-refractivity contribution in [1.29, 1.82) is 0 Å². The van der Waals surface area contributed by atoms with E-state index in [0.717, 1.165) is 0 Å². The van der Waals surface area contributed by atoms with Crippen LogP contribution >= 0.6 is 0 Å². The van der Waals surface area contributed by atoms with Gasteiger partial charge in [-0.25, -0.2) is 4.79 Å². The van der Waals surface area contributed by atoms with Crippen molar-refractivity contribution in [3.8, 4) is 0 Å². The molecule has 3 aromatic rings. The van der Waals surface area contributed by atoms with Crippen molar-refractivity contribution < 1.29 is 14.7 Å². The third kappa shape index (κ3) is 2.56. The zero-order chi connectivity index (χ0) is 17.4. The third-order valence-corrected chi connectivity index (χ3v) is 3.68. The number of carboxylic acid groups (broad SMARTS) is 1. The summed E-state index contributed by atoms with van der Waals surface area (Å²) in [5.41, 5.74) is 0.647. The predicted octanol–water partition coefficient (Wildman–Crippen LogP) is 1.97. The Morgan fingerprint density at radius 3 is 2.67 bits per heavy atom. The van der Waals surface area contributed by atoms with Crippen molar-refractivity contribution >= 4 is 33.6 Å². The minimum Gasteiger partial charge on any atom is -0.478 e. The van der Waals surface area contributed by atoms with Crippen LogP contribution in [0.2, 0.25) is 0 Å². The molecular formula is C17H15N3O4. The van der Waals surface area contributed by atoms with Gasteiger partial charge in [-0.15, -0.1) is 0 Å². The van der Waals surface area contributed by atoms with Crippen LogP contribution in [0.3, 0.4) is 0 Å². The highest BCUT2D eigenvalue weighted by molar-refractivity contribution is 6.16. The number of aromatic carboxylic acids is 1. The van der Waals surface area contributed by atoms with E-state index >= 15 is 0 Å². The summed E-state index contributed by atoms with van der Waals surface area (Å²) in [6.07, 6.45) is 4.34. The molecule has 122 valence electrons. The van der Waals surface area contributed by atoms with E-state index < -0.39 is 11.5 Å². The molecule has 0 bridgehead atoms. The van der Waals surface area contributed by atoms with Crippen LogP contribution < -0.4 is 5.56 Å². The first kappa shape index (κ1) is 15.5. The van der Waals surface area contributed by atoms with Crippen molar-refractivity contribution in [3.05, 3.63) is 58.2 Å². The fourth-order valence-corrected chi connectivity index (χ4v) is 2.56. The molecule has 2 heterocycles. The molecule has 0 fully saturated rings. The van der Waals surface area contributed by atoms with Crippen LogP contribution in [0, 0.1) is 0 Å². The van der Waals surface area contributed by atoms with Crippen LogP contribution in [0.1, 0.15) is 20.7 Å². The van der Waals surface area contributed by atoms with Gasteiger partial charge in [-0.05, 0) is 18.2 Å². The van der Waals surface area contributed by atoms with Gasteiger partial charge >= 0.3 is 5.97 Å². The Hall–Kier alpha value is -3.35. The van der Waals surface area contributed by atoms with E-state index in [2.05, 4.69) is 9.97 Å². The van der Waals surface area contributed by atoms with Gasteiger partial charge in [0.1, 0.15) is 5.52 Å². The zero-order valence-electron chi connectivity index (χ0n) is 13.1. The third-order valence-electron chi connectivity index (χ3n) is 3.68. The average molecular weight is 325 g/mol. The van der Waals surface area contributed by atoms with Crippen LogP contribution in [0.5, 0.6) is 0 Å². The highest BCUT2D eigenvalue weighted by Gasteiger charge is 2.17. The molecule has 1 aromatic carbocycles. The summed E-state index contributed by atoms with van der Waals surface area (Å²) in [7, 11) is 3.61. The molecule has 0 aliphatic carbocycles. The molecule has 0 saturated carbocycles.